The lowest BCUT2D eigenvalue weighted by atomic mass is 10.0. The lowest BCUT2D eigenvalue weighted by Crippen LogP contribution is -2.49. The predicted octanol–water partition coefficient (Wildman–Crippen LogP) is 3.45. The minimum Gasteiger partial charge on any atom is -0.444 e. The molecule has 11 nitrogen and oxygen atoms in total. The number of benzene rings is 2. The van der Waals surface area contributed by atoms with Crippen LogP contribution < -0.4 is 21.5 Å². The van der Waals surface area contributed by atoms with Crippen LogP contribution in [0.15, 0.2) is 52.1 Å². The van der Waals surface area contributed by atoms with Gasteiger partial charge in [-0.2, -0.15) is 4.98 Å². The van der Waals surface area contributed by atoms with E-state index in [1.165, 1.54) is 4.57 Å². The molecule has 11 heteroatoms. The topological polar surface area (TPSA) is 120 Å². The second-order valence-electron chi connectivity index (χ2n) is 11.7. The van der Waals surface area contributed by atoms with E-state index in [-0.39, 0.29) is 29.5 Å². The van der Waals surface area contributed by atoms with Gasteiger partial charge in [0.05, 0.1) is 13.1 Å². The number of hydrogen-bond donors (Lipinski definition) is 1. The third-order valence-corrected chi connectivity index (χ3v) is 7.44. The van der Waals surface area contributed by atoms with E-state index in [9.17, 15) is 19.2 Å². The van der Waals surface area contributed by atoms with Crippen molar-refractivity contribution < 1.29 is 14.3 Å². The number of imidazole rings is 1. The van der Waals surface area contributed by atoms with Crippen molar-refractivity contribution in [3.63, 3.8) is 0 Å². The molecular formula is C32H36N6O5. The number of nitrogens with zero attached hydrogens (tertiary/aromatic N) is 5. The molecule has 1 amide bonds. The summed E-state index contributed by atoms with van der Waals surface area (Å²) in [5.74, 6) is 6.00. The Morgan fingerprint density at radius 2 is 1.84 bits per heavy atom. The molecule has 4 aromatic rings. The van der Waals surface area contributed by atoms with Gasteiger partial charge in [0.2, 0.25) is 5.95 Å². The van der Waals surface area contributed by atoms with E-state index in [1.54, 1.807) is 30.7 Å². The third-order valence-electron chi connectivity index (χ3n) is 7.44. The van der Waals surface area contributed by atoms with Crippen LogP contribution in [0.25, 0.3) is 21.9 Å². The average Bonchev–Trinajstić information content (AvgIpc) is 3.35. The number of nitrogens with one attached hydrogen (secondary N) is 1. The number of aromatic nitrogens is 4. The number of anilines is 1. The van der Waals surface area contributed by atoms with Crippen molar-refractivity contribution in [1.29, 1.82) is 0 Å². The first-order chi connectivity index (χ1) is 20.5. The van der Waals surface area contributed by atoms with Gasteiger partial charge in [-0.15, -0.1) is 5.92 Å². The maximum atomic E-state index is 14.0. The highest BCUT2D eigenvalue weighted by Crippen LogP contribution is 2.24. The third kappa shape index (κ3) is 6.04. The number of carbonyl (C=O) groups excluding carboxylic acids is 2. The van der Waals surface area contributed by atoms with Crippen LogP contribution in [0.4, 0.5) is 10.7 Å². The zero-order valence-corrected chi connectivity index (χ0v) is 25.1. The maximum absolute atomic E-state index is 14.0. The van der Waals surface area contributed by atoms with Crippen molar-refractivity contribution in [3.8, 4) is 11.8 Å². The number of carbonyl (C=O) groups is 2. The number of aryl methyl sites for hydroxylation is 1. The molecule has 0 bridgehead atoms. The molecule has 1 unspecified atom stereocenters. The molecule has 224 valence electrons. The van der Waals surface area contributed by atoms with Gasteiger partial charge in [-0.1, -0.05) is 48.4 Å². The molecule has 1 aliphatic heterocycles. The van der Waals surface area contributed by atoms with Crippen molar-refractivity contribution in [2.24, 2.45) is 7.05 Å². The second-order valence-corrected chi connectivity index (χ2v) is 11.7. The molecule has 2 aromatic carbocycles. The summed E-state index contributed by atoms with van der Waals surface area (Å²) < 4.78 is 9.40. The normalized spacial score (nSPS) is 15.3. The Morgan fingerprint density at radius 3 is 2.58 bits per heavy atom. The molecule has 1 N–H and O–H groups in total. The van der Waals surface area contributed by atoms with E-state index in [2.05, 4.69) is 17.2 Å². The number of ketones is 1. The Balaban J connectivity index is 1.54. The first-order valence-corrected chi connectivity index (χ1v) is 14.3. The zero-order chi connectivity index (χ0) is 30.9. The first kappa shape index (κ1) is 29.6. The molecule has 3 heterocycles. The molecular weight excluding hydrogens is 548 g/mol. The summed E-state index contributed by atoms with van der Waals surface area (Å²) in [4.78, 5) is 60.1. The van der Waals surface area contributed by atoms with Gasteiger partial charge < -0.3 is 15.0 Å². The predicted molar refractivity (Wildman–Crippen MR) is 166 cm³/mol. The second kappa shape index (κ2) is 11.8. The highest BCUT2D eigenvalue weighted by molar-refractivity contribution is 6.08. The summed E-state index contributed by atoms with van der Waals surface area (Å²) in [5, 5.41) is 4.59. The smallest absolute Gasteiger partial charge is 0.407 e. The van der Waals surface area contributed by atoms with E-state index >= 15 is 0 Å². The van der Waals surface area contributed by atoms with E-state index in [0.29, 0.717) is 24.6 Å². The highest BCUT2D eigenvalue weighted by atomic mass is 16.6. The Morgan fingerprint density at radius 1 is 1.09 bits per heavy atom. The quantitative estimate of drug-likeness (QED) is 0.272. The fourth-order valence-electron chi connectivity index (χ4n) is 5.50. The summed E-state index contributed by atoms with van der Waals surface area (Å²) in [6, 6.07) is 12.7. The van der Waals surface area contributed by atoms with Gasteiger partial charge in [-0.05, 0) is 51.3 Å². The minimum absolute atomic E-state index is 0.160. The van der Waals surface area contributed by atoms with Crippen LogP contribution in [-0.2, 0) is 24.9 Å². The van der Waals surface area contributed by atoms with Gasteiger partial charge in [0.15, 0.2) is 16.9 Å². The molecule has 1 atom stereocenters. The number of Topliss-reactive ketones (excluding diaryl/α,β-unsaturated/α-hetero) is 1. The number of fused-ring (bicyclic) bond motifs is 2. The molecule has 0 radical (unpaired) electrons. The van der Waals surface area contributed by atoms with Gasteiger partial charge in [0.1, 0.15) is 5.60 Å². The van der Waals surface area contributed by atoms with Gasteiger partial charge >= 0.3 is 11.8 Å². The Bertz CT molecular complexity index is 1890. The number of alkyl carbamates (subject to hydrolysis) is 1. The van der Waals surface area contributed by atoms with Gasteiger partial charge in [-0.3, -0.25) is 23.3 Å². The molecule has 1 aliphatic rings. The van der Waals surface area contributed by atoms with E-state index in [0.717, 1.165) is 28.2 Å². The summed E-state index contributed by atoms with van der Waals surface area (Å²) in [6.45, 7) is 7.95. The van der Waals surface area contributed by atoms with Crippen molar-refractivity contribution in [3.05, 3.63) is 68.9 Å². The van der Waals surface area contributed by atoms with Crippen molar-refractivity contribution in [1.82, 2.24) is 24.0 Å². The first-order valence-electron chi connectivity index (χ1n) is 14.3. The van der Waals surface area contributed by atoms with Crippen LogP contribution in [0.3, 0.4) is 0 Å². The van der Waals surface area contributed by atoms with Gasteiger partial charge in [0, 0.05) is 31.7 Å². The van der Waals surface area contributed by atoms with Crippen LogP contribution in [0, 0.1) is 11.8 Å². The zero-order valence-electron chi connectivity index (χ0n) is 25.1. The molecule has 2 aromatic heterocycles. The lowest BCUT2D eigenvalue weighted by molar-refractivity contribution is 0.0499. The maximum Gasteiger partial charge on any atom is 0.407 e. The molecule has 1 fully saturated rings. The van der Waals surface area contributed by atoms with Crippen LogP contribution in [0.2, 0.25) is 0 Å². The number of rotatable bonds is 6. The Labute approximate surface area is 249 Å². The number of hydrogen-bond acceptors (Lipinski definition) is 7. The number of piperidine rings is 1. The fraction of sp³-hybridized carbons (Fsp3) is 0.406. The molecule has 0 aliphatic carbocycles. The number of ether oxygens (including phenoxy) is 1. The van der Waals surface area contributed by atoms with Gasteiger partial charge in [0.25, 0.3) is 5.56 Å². The summed E-state index contributed by atoms with van der Waals surface area (Å²) in [5.41, 5.74) is -1.03. The fourth-order valence-corrected chi connectivity index (χ4v) is 5.50. The lowest BCUT2D eigenvalue weighted by Gasteiger charge is -2.34. The summed E-state index contributed by atoms with van der Waals surface area (Å²) in [7, 11) is 1.54. The molecule has 5 rings (SSSR count). The van der Waals surface area contributed by atoms with E-state index in [1.807, 2.05) is 56.0 Å². The Kier molecular flexibility index (Phi) is 8.13. The van der Waals surface area contributed by atoms with Crippen molar-refractivity contribution in [2.45, 2.75) is 65.3 Å². The monoisotopic (exact) mass is 584 g/mol. The van der Waals surface area contributed by atoms with Crippen molar-refractivity contribution in [2.75, 3.05) is 18.0 Å². The van der Waals surface area contributed by atoms with Crippen LogP contribution in [0.1, 0.15) is 50.9 Å². The van der Waals surface area contributed by atoms with Gasteiger partial charge in [-0.25, -0.2) is 9.59 Å². The summed E-state index contributed by atoms with van der Waals surface area (Å²) in [6.07, 6.45) is 1.03. The van der Waals surface area contributed by atoms with Crippen LogP contribution in [0.5, 0.6) is 0 Å². The average molecular weight is 585 g/mol. The SMILES string of the molecule is CC#CCn1c(N2CCCC(NC(=O)OC(C)(C)C)C2)nc2c1c(=O)n(CC(=O)c1cccc3ccccc13)c(=O)n2C. The largest absolute Gasteiger partial charge is 0.444 e. The number of amides is 1. The Hall–Kier alpha value is -4.85. The minimum atomic E-state index is -0.632. The molecule has 1 saturated heterocycles. The summed E-state index contributed by atoms with van der Waals surface area (Å²) >= 11 is 0. The van der Waals surface area contributed by atoms with Crippen LogP contribution >= 0.6 is 0 Å². The van der Waals surface area contributed by atoms with E-state index in [4.69, 9.17) is 9.72 Å². The molecule has 43 heavy (non-hydrogen) atoms. The molecule has 0 saturated carbocycles. The van der Waals surface area contributed by atoms with Crippen LogP contribution in [-0.4, -0.2) is 55.3 Å². The van der Waals surface area contributed by atoms with E-state index < -0.39 is 29.5 Å². The molecule has 0 spiro atoms. The highest BCUT2D eigenvalue weighted by Gasteiger charge is 2.29. The standard InChI is InChI=1S/C32H36N6O5/c1-6-7-18-37-26-27(34-29(37)36-17-11-14-22(19-36)33-30(41)43-32(2,3)4)35(5)31(42)38(28(26)40)20-25(39)24-16-10-13-21-12-8-9-15-23(21)24/h8-10,12-13,15-16,22H,11,14,17-20H2,1-5H3,(H,33,41). The van der Waals surface area contributed by atoms with Crippen molar-refractivity contribution >= 4 is 39.8 Å².